The van der Waals surface area contributed by atoms with Crippen LogP contribution < -0.4 is 10.5 Å². The summed E-state index contributed by atoms with van der Waals surface area (Å²) in [6.07, 6.45) is 2.61. The molecule has 39 heavy (non-hydrogen) atoms. The number of amides is 2. The minimum Gasteiger partial charge on any atom is -0.497 e. The van der Waals surface area contributed by atoms with Crippen LogP contribution in [0.3, 0.4) is 0 Å². The van der Waals surface area contributed by atoms with Crippen LogP contribution in [0.15, 0.2) is 65.3 Å². The van der Waals surface area contributed by atoms with Crippen LogP contribution in [0.4, 0.5) is 0 Å². The van der Waals surface area contributed by atoms with Crippen molar-refractivity contribution in [3.05, 3.63) is 88.9 Å². The zero-order chi connectivity index (χ0) is 28.4. The van der Waals surface area contributed by atoms with E-state index in [1.165, 1.54) is 0 Å². The summed E-state index contributed by atoms with van der Waals surface area (Å²) in [6, 6.07) is 15.6. The number of hydrogen-bond acceptors (Lipinski definition) is 6. The highest BCUT2D eigenvalue weighted by molar-refractivity contribution is 6.00. The number of nitrogens with zero attached hydrogens (tertiary/aromatic N) is 2. The Bertz CT molecular complexity index is 1200. The standard InChI is InChI=1S/C31H41N3O5/c1-5-12-33(13-6-2)30(36)24-15-22(3)16-25(18-24)31(37)34(20-23-9-7-10-26(17-23)38-4)21-29(35)28(32)19-27-11-8-14-39-27/h7-11,14-18,28-29,35H,5-6,12-13,19-21,32H2,1-4H3/t28-,29+/m0/s1. The second-order valence-corrected chi connectivity index (χ2v) is 9.93. The summed E-state index contributed by atoms with van der Waals surface area (Å²) in [6.45, 7) is 7.51. The van der Waals surface area contributed by atoms with Gasteiger partial charge in [0.15, 0.2) is 0 Å². The van der Waals surface area contributed by atoms with Crippen molar-refractivity contribution in [3.63, 3.8) is 0 Å². The van der Waals surface area contributed by atoms with Crippen molar-refractivity contribution in [2.45, 2.75) is 58.7 Å². The molecule has 1 heterocycles. The molecule has 3 N–H and O–H groups in total. The Morgan fingerprint density at radius 1 is 0.974 bits per heavy atom. The molecule has 210 valence electrons. The van der Waals surface area contributed by atoms with Gasteiger partial charge in [0, 0.05) is 49.8 Å². The summed E-state index contributed by atoms with van der Waals surface area (Å²) in [7, 11) is 1.59. The summed E-state index contributed by atoms with van der Waals surface area (Å²) in [5.74, 6) is 0.955. The number of aliphatic hydroxyl groups is 1. The summed E-state index contributed by atoms with van der Waals surface area (Å²) < 4.78 is 10.7. The lowest BCUT2D eigenvalue weighted by Gasteiger charge is -2.28. The molecule has 2 atom stereocenters. The minimum absolute atomic E-state index is 0.00688. The molecule has 3 aromatic rings. The molecule has 0 saturated carbocycles. The van der Waals surface area contributed by atoms with Gasteiger partial charge in [0.1, 0.15) is 11.5 Å². The van der Waals surface area contributed by atoms with Gasteiger partial charge in [-0.15, -0.1) is 0 Å². The fourth-order valence-corrected chi connectivity index (χ4v) is 4.62. The molecule has 2 amide bonds. The summed E-state index contributed by atoms with van der Waals surface area (Å²) >= 11 is 0. The Morgan fingerprint density at radius 2 is 1.64 bits per heavy atom. The summed E-state index contributed by atoms with van der Waals surface area (Å²) in [4.78, 5) is 30.6. The molecule has 0 fully saturated rings. The predicted octanol–water partition coefficient (Wildman–Crippen LogP) is 4.43. The Hall–Kier alpha value is -3.62. The lowest BCUT2D eigenvalue weighted by molar-refractivity contribution is 0.0550. The van der Waals surface area contributed by atoms with Gasteiger partial charge in [-0.1, -0.05) is 26.0 Å². The van der Waals surface area contributed by atoms with Crippen LogP contribution in [0.2, 0.25) is 0 Å². The molecule has 8 heteroatoms. The number of methoxy groups -OCH3 is 1. The van der Waals surface area contributed by atoms with Crippen LogP contribution in [0, 0.1) is 6.92 Å². The Kier molecular flexibility index (Phi) is 11.1. The lowest BCUT2D eigenvalue weighted by Crippen LogP contribution is -2.46. The van der Waals surface area contributed by atoms with E-state index in [1.807, 2.05) is 56.0 Å². The van der Waals surface area contributed by atoms with Crippen LogP contribution in [0.1, 0.15) is 64.3 Å². The third-order valence-electron chi connectivity index (χ3n) is 6.56. The smallest absolute Gasteiger partial charge is 0.254 e. The quantitative estimate of drug-likeness (QED) is 0.316. The molecule has 0 aliphatic rings. The largest absolute Gasteiger partial charge is 0.497 e. The molecule has 0 spiro atoms. The van der Waals surface area contributed by atoms with Crippen LogP contribution in [0.5, 0.6) is 5.75 Å². The van der Waals surface area contributed by atoms with Crippen molar-refractivity contribution < 1.29 is 23.8 Å². The average Bonchev–Trinajstić information content (AvgIpc) is 3.44. The molecule has 0 unspecified atom stereocenters. The first-order valence-corrected chi connectivity index (χ1v) is 13.5. The number of carbonyl (C=O) groups excluding carboxylic acids is 2. The summed E-state index contributed by atoms with van der Waals surface area (Å²) in [5.41, 5.74) is 8.82. The number of nitrogens with two attached hydrogens (primary N) is 1. The first kappa shape index (κ1) is 29.9. The van der Waals surface area contributed by atoms with Crippen LogP contribution in [-0.4, -0.2) is 65.6 Å². The van der Waals surface area contributed by atoms with Gasteiger partial charge in [-0.25, -0.2) is 0 Å². The van der Waals surface area contributed by atoms with Crippen LogP contribution in [0.25, 0.3) is 0 Å². The van der Waals surface area contributed by atoms with E-state index in [4.69, 9.17) is 14.9 Å². The van der Waals surface area contributed by atoms with Crippen molar-refractivity contribution >= 4 is 11.8 Å². The van der Waals surface area contributed by atoms with E-state index in [-0.39, 0.29) is 24.9 Å². The normalized spacial score (nSPS) is 12.6. The SMILES string of the molecule is CCCN(CCC)C(=O)c1cc(C)cc(C(=O)N(Cc2cccc(OC)c2)C[C@@H](O)[C@@H](N)Cc2ccco2)c1. The number of hydrogen-bond donors (Lipinski definition) is 2. The highest BCUT2D eigenvalue weighted by Crippen LogP contribution is 2.20. The number of rotatable bonds is 14. The molecule has 0 saturated heterocycles. The Balaban J connectivity index is 1.90. The molecule has 1 aromatic heterocycles. The van der Waals surface area contributed by atoms with Crippen LogP contribution >= 0.6 is 0 Å². The molecule has 3 rings (SSSR count). The third kappa shape index (κ3) is 8.43. The lowest BCUT2D eigenvalue weighted by atomic mass is 10.0. The molecule has 2 aromatic carbocycles. The van der Waals surface area contributed by atoms with Gasteiger partial charge >= 0.3 is 0 Å². The van der Waals surface area contributed by atoms with Gasteiger partial charge < -0.3 is 29.8 Å². The zero-order valence-electron chi connectivity index (χ0n) is 23.4. The van der Waals surface area contributed by atoms with E-state index < -0.39 is 12.1 Å². The Morgan fingerprint density at radius 3 is 2.23 bits per heavy atom. The van der Waals surface area contributed by atoms with E-state index in [2.05, 4.69) is 0 Å². The van der Waals surface area contributed by atoms with E-state index in [9.17, 15) is 14.7 Å². The number of ether oxygens (including phenoxy) is 1. The number of furan rings is 1. The molecule has 0 aliphatic heterocycles. The van der Waals surface area contributed by atoms with E-state index in [0.29, 0.717) is 42.1 Å². The maximum atomic E-state index is 13.9. The highest BCUT2D eigenvalue weighted by atomic mass is 16.5. The molecule has 0 radical (unpaired) electrons. The van der Waals surface area contributed by atoms with Gasteiger partial charge in [0.25, 0.3) is 11.8 Å². The highest BCUT2D eigenvalue weighted by Gasteiger charge is 2.26. The molecule has 8 nitrogen and oxygen atoms in total. The Labute approximate surface area is 231 Å². The van der Waals surface area contributed by atoms with E-state index >= 15 is 0 Å². The second kappa shape index (κ2) is 14.5. The van der Waals surface area contributed by atoms with Gasteiger partial charge in [-0.05, 0) is 73.4 Å². The topological polar surface area (TPSA) is 109 Å². The maximum Gasteiger partial charge on any atom is 0.254 e. The van der Waals surface area contributed by atoms with Crippen molar-refractivity contribution in [1.29, 1.82) is 0 Å². The van der Waals surface area contributed by atoms with Gasteiger partial charge in [-0.2, -0.15) is 0 Å². The number of aliphatic hydroxyl groups excluding tert-OH is 1. The van der Waals surface area contributed by atoms with Gasteiger partial charge in [0.05, 0.1) is 19.5 Å². The number of carbonyl (C=O) groups is 2. The van der Waals surface area contributed by atoms with Crippen molar-refractivity contribution in [3.8, 4) is 5.75 Å². The second-order valence-electron chi connectivity index (χ2n) is 9.93. The fraction of sp³-hybridized carbons (Fsp3) is 0.419. The van der Waals surface area contributed by atoms with Gasteiger partial charge in [-0.3, -0.25) is 9.59 Å². The molecule has 0 aliphatic carbocycles. The molecular formula is C31H41N3O5. The number of aryl methyl sites for hydroxylation is 1. The van der Waals surface area contributed by atoms with Crippen molar-refractivity contribution in [1.82, 2.24) is 9.80 Å². The first-order chi connectivity index (χ1) is 18.7. The maximum absolute atomic E-state index is 13.9. The van der Waals surface area contributed by atoms with E-state index in [1.54, 1.807) is 42.5 Å². The first-order valence-electron chi connectivity index (χ1n) is 13.5. The van der Waals surface area contributed by atoms with Crippen molar-refractivity contribution in [2.24, 2.45) is 5.73 Å². The fourth-order valence-electron chi connectivity index (χ4n) is 4.62. The van der Waals surface area contributed by atoms with Crippen molar-refractivity contribution in [2.75, 3.05) is 26.7 Å². The summed E-state index contributed by atoms with van der Waals surface area (Å²) in [5, 5.41) is 11.0. The average molecular weight is 536 g/mol. The molecule has 0 bridgehead atoms. The third-order valence-corrected chi connectivity index (χ3v) is 6.56. The zero-order valence-corrected chi connectivity index (χ0v) is 23.4. The monoisotopic (exact) mass is 535 g/mol. The van der Waals surface area contributed by atoms with E-state index in [0.717, 1.165) is 24.0 Å². The molecular weight excluding hydrogens is 494 g/mol. The number of benzene rings is 2. The van der Waals surface area contributed by atoms with Crippen LogP contribution in [-0.2, 0) is 13.0 Å². The van der Waals surface area contributed by atoms with Gasteiger partial charge in [0.2, 0.25) is 0 Å². The minimum atomic E-state index is -1.000. The predicted molar refractivity (Wildman–Crippen MR) is 152 cm³/mol.